The van der Waals surface area contributed by atoms with Gasteiger partial charge in [-0.05, 0) is 12.8 Å². The molecule has 1 fully saturated rings. The Kier molecular flexibility index (Phi) is 6.42. The molecule has 0 aromatic carbocycles. The number of carbonyl (C=O) groups excluding carboxylic acids is 2. The molecule has 6 heteroatoms. The third-order valence-corrected chi connectivity index (χ3v) is 3.77. The highest BCUT2D eigenvalue weighted by Crippen LogP contribution is 2.19. The van der Waals surface area contributed by atoms with Gasteiger partial charge in [-0.1, -0.05) is 26.7 Å². The van der Waals surface area contributed by atoms with Crippen LogP contribution in [0.25, 0.3) is 0 Å². The van der Waals surface area contributed by atoms with Gasteiger partial charge in [0.05, 0.1) is 6.61 Å². The summed E-state index contributed by atoms with van der Waals surface area (Å²) in [4.78, 5) is 23.3. The summed E-state index contributed by atoms with van der Waals surface area (Å²) in [6.07, 6.45) is 3.29. The van der Waals surface area contributed by atoms with Crippen LogP contribution in [0.5, 0.6) is 0 Å². The lowest BCUT2D eigenvalue weighted by Gasteiger charge is -2.27. The molecule has 1 atom stereocenters. The topological polar surface area (TPSA) is 98.7 Å². The lowest BCUT2D eigenvalue weighted by atomic mass is 9.87. The molecule has 1 rings (SSSR count). The zero-order valence-electron chi connectivity index (χ0n) is 12.3. The van der Waals surface area contributed by atoms with Crippen LogP contribution < -0.4 is 10.6 Å². The van der Waals surface area contributed by atoms with Crippen LogP contribution in [0.1, 0.15) is 46.0 Å². The second kappa shape index (κ2) is 7.59. The highest BCUT2D eigenvalue weighted by molar-refractivity contribution is 5.82. The minimum Gasteiger partial charge on any atom is -0.396 e. The monoisotopic (exact) mass is 286 g/mol. The van der Waals surface area contributed by atoms with Crippen LogP contribution in [0.2, 0.25) is 0 Å². The van der Waals surface area contributed by atoms with E-state index in [1.165, 1.54) is 0 Å². The number of nitrogens with one attached hydrogen (secondary N) is 2. The van der Waals surface area contributed by atoms with Crippen molar-refractivity contribution in [2.75, 3.05) is 13.2 Å². The molecule has 2 amide bonds. The number of hydrogen-bond donors (Lipinski definition) is 4. The van der Waals surface area contributed by atoms with Crippen LogP contribution in [0.3, 0.4) is 0 Å². The van der Waals surface area contributed by atoms with Gasteiger partial charge >= 0.3 is 0 Å². The third-order valence-electron chi connectivity index (χ3n) is 3.77. The predicted octanol–water partition coefficient (Wildman–Crippen LogP) is -0.0691. The van der Waals surface area contributed by atoms with E-state index in [1.807, 2.05) is 0 Å². The Labute approximate surface area is 119 Å². The summed E-state index contributed by atoms with van der Waals surface area (Å²) in [5, 5.41) is 24.3. The molecule has 0 saturated heterocycles. The summed E-state index contributed by atoms with van der Waals surface area (Å²) in [7, 11) is 0. The molecule has 0 aliphatic heterocycles. The second-order valence-electron chi connectivity index (χ2n) is 6.14. The molecule has 4 N–H and O–H groups in total. The summed E-state index contributed by atoms with van der Waals surface area (Å²) in [6, 6.07) is 0.275. The predicted molar refractivity (Wildman–Crippen MR) is 74.9 cm³/mol. The van der Waals surface area contributed by atoms with E-state index in [0.717, 1.165) is 25.7 Å². The van der Waals surface area contributed by atoms with Crippen LogP contribution in [0, 0.1) is 5.41 Å². The highest BCUT2D eigenvalue weighted by Gasteiger charge is 2.32. The normalized spacial score (nSPS) is 17.8. The van der Waals surface area contributed by atoms with Crippen LogP contribution >= 0.6 is 0 Å². The van der Waals surface area contributed by atoms with Gasteiger partial charge in [0.1, 0.15) is 6.10 Å². The minimum atomic E-state index is -1.29. The first-order chi connectivity index (χ1) is 9.36. The van der Waals surface area contributed by atoms with Crippen molar-refractivity contribution in [2.24, 2.45) is 5.41 Å². The molecule has 1 aliphatic rings. The van der Waals surface area contributed by atoms with Gasteiger partial charge < -0.3 is 20.8 Å². The van der Waals surface area contributed by atoms with E-state index in [1.54, 1.807) is 13.8 Å². The first-order valence-electron chi connectivity index (χ1n) is 7.23. The summed E-state index contributed by atoms with van der Waals surface area (Å²) in [6.45, 7) is 3.10. The number of amides is 2. The molecule has 0 spiro atoms. The molecule has 6 nitrogen and oxygen atoms in total. The molecule has 0 aromatic rings. The zero-order chi connectivity index (χ0) is 15.2. The van der Waals surface area contributed by atoms with Crippen LogP contribution in [0.15, 0.2) is 0 Å². The Hall–Kier alpha value is -1.14. The van der Waals surface area contributed by atoms with Crippen molar-refractivity contribution in [2.45, 2.75) is 58.1 Å². The van der Waals surface area contributed by atoms with Gasteiger partial charge in [0.15, 0.2) is 0 Å². The summed E-state index contributed by atoms with van der Waals surface area (Å²) in [5.41, 5.74) is -0.893. The van der Waals surface area contributed by atoms with E-state index in [0.29, 0.717) is 0 Å². The zero-order valence-corrected chi connectivity index (χ0v) is 12.3. The average molecular weight is 286 g/mol. The highest BCUT2D eigenvalue weighted by atomic mass is 16.3. The Morgan fingerprint density at radius 1 is 1.30 bits per heavy atom. The minimum absolute atomic E-state index is 0.0758. The van der Waals surface area contributed by atoms with Crippen LogP contribution in [0.4, 0.5) is 0 Å². The molecule has 0 bridgehead atoms. The first kappa shape index (κ1) is 16.9. The molecular weight excluding hydrogens is 260 g/mol. The molecule has 20 heavy (non-hydrogen) atoms. The molecule has 0 radical (unpaired) electrons. The van der Waals surface area contributed by atoms with Crippen LogP contribution in [-0.4, -0.2) is 47.3 Å². The van der Waals surface area contributed by atoms with Gasteiger partial charge in [-0.15, -0.1) is 0 Å². The van der Waals surface area contributed by atoms with Gasteiger partial charge in [-0.25, -0.2) is 0 Å². The Bertz CT molecular complexity index is 338. The summed E-state index contributed by atoms with van der Waals surface area (Å²) in [5.74, 6) is -0.633. The molecule has 0 aromatic heterocycles. The molecule has 0 heterocycles. The van der Waals surface area contributed by atoms with Crippen LogP contribution in [-0.2, 0) is 9.59 Å². The summed E-state index contributed by atoms with van der Waals surface area (Å²) < 4.78 is 0. The van der Waals surface area contributed by atoms with Gasteiger partial charge in [-0.2, -0.15) is 0 Å². The van der Waals surface area contributed by atoms with Gasteiger partial charge in [0.25, 0.3) is 0 Å². The van der Waals surface area contributed by atoms with E-state index in [4.69, 9.17) is 5.11 Å². The van der Waals surface area contributed by atoms with Crippen molar-refractivity contribution < 1.29 is 19.8 Å². The fourth-order valence-electron chi connectivity index (χ4n) is 2.21. The fourth-order valence-corrected chi connectivity index (χ4v) is 2.21. The van der Waals surface area contributed by atoms with Crippen molar-refractivity contribution >= 4 is 11.8 Å². The van der Waals surface area contributed by atoms with Gasteiger partial charge in [-0.3, -0.25) is 9.59 Å². The Balaban J connectivity index is 2.22. The van der Waals surface area contributed by atoms with Crippen molar-refractivity contribution in [3.63, 3.8) is 0 Å². The van der Waals surface area contributed by atoms with Gasteiger partial charge in [0, 0.05) is 24.4 Å². The SMILES string of the molecule is CC(C)(CO)[C@@H](O)C(=O)NCCC(=O)NC1CCCC1. The number of hydrogen-bond acceptors (Lipinski definition) is 4. The Morgan fingerprint density at radius 3 is 2.45 bits per heavy atom. The second-order valence-corrected chi connectivity index (χ2v) is 6.14. The Morgan fingerprint density at radius 2 is 1.90 bits per heavy atom. The van der Waals surface area contributed by atoms with E-state index < -0.39 is 17.4 Å². The van der Waals surface area contributed by atoms with Crippen molar-refractivity contribution in [1.29, 1.82) is 0 Å². The van der Waals surface area contributed by atoms with Crippen molar-refractivity contribution in [3.05, 3.63) is 0 Å². The number of carbonyl (C=O) groups is 2. The van der Waals surface area contributed by atoms with E-state index >= 15 is 0 Å². The molecule has 116 valence electrons. The molecular formula is C14H26N2O4. The molecule has 1 saturated carbocycles. The smallest absolute Gasteiger partial charge is 0.249 e. The average Bonchev–Trinajstić information content (AvgIpc) is 2.90. The maximum absolute atomic E-state index is 11.7. The van der Waals surface area contributed by atoms with Crippen molar-refractivity contribution in [3.8, 4) is 0 Å². The number of aliphatic hydroxyl groups excluding tert-OH is 2. The fraction of sp³-hybridized carbons (Fsp3) is 0.857. The van der Waals surface area contributed by atoms with E-state index in [2.05, 4.69) is 10.6 Å². The van der Waals surface area contributed by atoms with Crippen molar-refractivity contribution in [1.82, 2.24) is 10.6 Å². The number of rotatable bonds is 7. The van der Waals surface area contributed by atoms with Gasteiger partial charge in [0.2, 0.25) is 11.8 Å². The standard InChI is InChI=1S/C14H26N2O4/c1-14(2,9-17)12(19)13(20)15-8-7-11(18)16-10-5-3-4-6-10/h10,12,17,19H,3-9H2,1-2H3,(H,15,20)(H,16,18)/t12-/m0/s1. The van der Waals surface area contributed by atoms with E-state index in [9.17, 15) is 14.7 Å². The maximum Gasteiger partial charge on any atom is 0.249 e. The van der Waals surface area contributed by atoms with E-state index in [-0.39, 0.29) is 31.5 Å². The molecule has 1 aliphatic carbocycles. The first-order valence-corrected chi connectivity index (χ1v) is 7.23. The lowest BCUT2D eigenvalue weighted by molar-refractivity contribution is -0.137. The summed E-state index contributed by atoms with van der Waals surface area (Å²) >= 11 is 0. The molecule has 0 unspecified atom stereocenters. The maximum atomic E-state index is 11.7. The number of aliphatic hydroxyl groups is 2. The third kappa shape index (κ3) is 5.09. The largest absolute Gasteiger partial charge is 0.396 e. The quantitative estimate of drug-likeness (QED) is 0.526. The lowest BCUT2D eigenvalue weighted by Crippen LogP contribution is -2.46.